The van der Waals surface area contributed by atoms with Crippen LogP contribution in [0.25, 0.3) is 10.8 Å². The summed E-state index contributed by atoms with van der Waals surface area (Å²) >= 11 is 0. The third-order valence-corrected chi connectivity index (χ3v) is 3.25. The number of nitrogens with zero attached hydrogens (tertiary/aromatic N) is 2. The summed E-state index contributed by atoms with van der Waals surface area (Å²) in [5, 5.41) is 11.0. The van der Waals surface area contributed by atoms with Gasteiger partial charge in [0.1, 0.15) is 6.42 Å². The topological polar surface area (TPSA) is 44.1 Å². The number of carbonyl (C=O) groups is 1. The monoisotopic (exact) mass is 252 g/mol. The van der Waals surface area contributed by atoms with Crippen LogP contribution in [0.3, 0.4) is 0 Å². The lowest BCUT2D eigenvalue weighted by molar-refractivity contribution is -0.128. The molecule has 0 spiro atoms. The normalized spacial score (nSPS) is 10.1. The van der Waals surface area contributed by atoms with Gasteiger partial charge in [-0.2, -0.15) is 5.26 Å². The van der Waals surface area contributed by atoms with Crippen LogP contribution in [0.4, 0.5) is 0 Å². The van der Waals surface area contributed by atoms with E-state index < -0.39 is 0 Å². The number of hydrogen-bond donors (Lipinski definition) is 0. The molecule has 0 aromatic heterocycles. The van der Waals surface area contributed by atoms with Crippen molar-refractivity contribution in [2.45, 2.75) is 12.8 Å². The minimum Gasteiger partial charge on any atom is -0.345 e. The summed E-state index contributed by atoms with van der Waals surface area (Å²) in [6.07, 6.45) is 0.751. The molecule has 0 saturated carbocycles. The SMILES string of the molecule is CN(CCc1cccc2ccccc12)C(=O)CC#N. The Bertz CT molecular complexity index is 623. The fourth-order valence-corrected chi connectivity index (χ4v) is 2.13. The maximum atomic E-state index is 11.5. The Morgan fingerprint density at radius 3 is 2.74 bits per heavy atom. The first kappa shape index (κ1) is 13.1. The highest BCUT2D eigenvalue weighted by Gasteiger charge is 2.08. The maximum Gasteiger partial charge on any atom is 0.236 e. The zero-order valence-electron chi connectivity index (χ0n) is 11.0. The highest BCUT2D eigenvalue weighted by molar-refractivity contribution is 5.85. The second-order valence-electron chi connectivity index (χ2n) is 4.54. The maximum absolute atomic E-state index is 11.5. The smallest absolute Gasteiger partial charge is 0.236 e. The molecule has 0 bridgehead atoms. The Labute approximate surface area is 113 Å². The van der Waals surface area contributed by atoms with Gasteiger partial charge in [-0.3, -0.25) is 4.79 Å². The van der Waals surface area contributed by atoms with Crippen molar-refractivity contribution in [1.29, 1.82) is 5.26 Å². The Hall–Kier alpha value is -2.34. The number of hydrogen-bond acceptors (Lipinski definition) is 2. The molecule has 19 heavy (non-hydrogen) atoms. The molecule has 3 heteroatoms. The van der Waals surface area contributed by atoms with E-state index in [1.807, 2.05) is 24.3 Å². The summed E-state index contributed by atoms with van der Waals surface area (Å²) in [7, 11) is 1.74. The first-order valence-electron chi connectivity index (χ1n) is 6.30. The van der Waals surface area contributed by atoms with E-state index >= 15 is 0 Å². The Kier molecular flexibility index (Phi) is 4.15. The average Bonchev–Trinajstić information content (AvgIpc) is 2.45. The number of amides is 1. The summed E-state index contributed by atoms with van der Waals surface area (Å²) in [4.78, 5) is 13.1. The molecular formula is C16H16N2O. The number of carbonyl (C=O) groups excluding carboxylic acids is 1. The lowest BCUT2D eigenvalue weighted by Gasteiger charge is -2.16. The lowest BCUT2D eigenvalue weighted by Crippen LogP contribution is -2.28. The zero-order chi connectivity index (χ0) is 13.7. The van der Waals surface area contributed by atoms with Gasteiger partial charge in [0, 0.05) is 13.6 Å². The largest absolute Gasteiger partial charge is 0.345 e. The Balaban J connectivity index is 2.10. The molecule has 96 valence electrons. The zero-order valence-corrected chi connectivity index (χ0v) is 11.0. The summed E-state index contributed by atoms with van der Waals surface area (Å²) < 4.78 is 0. The lowest BCUT2D eigenvalue weighted by atomic mass is 10.0. The number of benzene rings is 2. The van der Waals surface area contributed by atoms with Crippen LogP contribution < -0.4 is 0 Å². The van der Waals surface area contributed by atoms with Crippen LogP contribution in [0.5, 0.6) is 0 Å². The van der Waals surface area contributed by atoms with Crippen molar-refractivity contribution >= 4 is 16.7 Å². The highest BCUT2D eigenvalue weighted by atomic mass is 16.2. The summed E-state index contributed by atoms with van der Waals surface area (Å²) in [5.74, 6) is -0.122. The number of rotatable bonds is 4. The molecule has 0 atom stereocenters. The minimum atomic E-state index is -0.122. The molecule has 3 nitrogen and oxygen atoms in total. The summed E-state index contributed by atoms with van der Waals surface area (Å²) in [6.45, 7) is 0.633. The van der Waals surface area contributed by atoms with Gasteiger partial charge in [0.05, 0.1) is 6.07 Å². The van der Waals surface area contributed by atoms with Crippen LogP contribution in [0.2, 0.25) is 0 Å². The van der Waals surface area contributed by atoms with Crippen molar-refractivity contribution < 1.29 is 4.79 Å². The molecule has 0 radical (unpaired) electrons. The van der Waals surface area contributed by atoms with E-state index in [2.05, 4.69) is 24.3 Å². The van der Waals surface area contributed by atoms with E-state index in [0.29, 0.717) is 6.54 Å². The van der Waals surface area contributed by atoms with Crippen molar-refractivity contribution in [3.8, 4) is 6.07 Å². The van der Waals surface area contributed by atoms with Crippen LogP contribution in [0, 0.1) is 11.3 Å². The first-order chi connectivity index (χ1) is 9.22. The number of nitriles is 1. The Morgan fingerprint density at radius 2 is 1.95 bits per heavy atom. The van der Waals surface area contributed by atoms with Crippen LogP contribution >= 0.6 is 0 Å². The summed E-state index contributed by atoms with van der Waals surface area (Å²) in [5.41, 5.74) is 1.23. The molecule has 0 aliphatic rings. The molecule has 0 heterocycles. The van der Waals surface area contributed by atoms with Crippen LogP contribution in [0.1, 0.15) is 12.0 Å². The molecule has 0 unspecified atom stereocenters. The van der Waals surface area contributed by atoms with Crippen LogP contribution in [-0.2, 0) is 11.2 Å². The van der Waals surface area contributed by atoms with E-state index in [-0.39, 0.29) is 12.3 Å². The molecule has 0 N–H and O–H groups in total. The van der Waals surface area contributed by atoms with Crippen molar-refractivity contribution in [2.75, 3.05) is 13.6 Å². The predicted molar refractivity (Wildman–Crippen MR) is 75.5 cm³/mol. The predicted octanol–water partition coefficient (Wildman–Crippen LogP) is 2.75. The van der Waals surface area contributed by atoms with E-state index in [0.717, 1.165) is 6.42 Å². The standard InChI is InChI=1S/C16H16N2O/c1-18(16(19)9-11-17)12-10-14-7-4-6-13-5-2-3-8-15(13)14/h2-8H,9-10,12H2,1H3. The van der Waals surface area contributed by atoms with Gasteiger partial charge >= 0.3 is 0 Å². The van der Waals surface area contributed by atoms with Crippen molar-refractivity contribution in [3.05, 3.63) is 48.0 Å². The van der Waals surface area contributed by atoms with Gasteiger partial charge in [0.25, 0.3) is 0 Å². The van der Waals surface area contributed by atoms with Crippen LogP contribution in [-0.4, -0.2) is 24.4 Å². The third-order valence-electron chi connectivity index (χ3n) is 3.25. The van der Waals surface area contributed by atoms with Gasteiger partial charge in [-0.15, -0.1) is 0 Å². The second-order valence-corrected chi connectivity index (χ2v) is 4.54. The number of likely N-dealkylation sites (N-methyl/N-ethyl adjacent to an activating group) is 1. The van der Waals surface area contributed by atoms with Crippen molar-refractivity contribution in [1.82, 2.24) is 4.90 Å². The molecule has 2 aromatic carbocycles. The molecular weight excluding hydrogens is 236 g/mol. The van der Waals surface area contributed by atoms with E-state index in [9.17, 15) is 4.79 Å². The minimum absolute atomic E-state index is 0.0496. The average molecular weight is 252 g/mol. The number of fused-ring (bicyclic) bond motifs is 1. The molecule has 0 fully saturated rings. The van der Waals surface area contributed by atoms with E-state index in [4.69, 9.17) is 5.26 Å². The highest BCUT2D eigenvalue weighted by Crippen LogP contribution is 2.19. The molecule has 2 aromatic rings. The first-order valence-corrected chi connectivity index (χ1v) is 6.30. The second kappa shape index (κ2) is 6.01. The van der Waals surface area contributed by atoms with Gasteiger partial charge in [-0.25, -0.2) is 0 Å². The van der Waals surface area contributed by atoms with Gasteiger partial charge < -0.3 is 4.90 Å². The van der Waals surface area contributed by atoms with E-state index in [1.165, 1.54) is 16.3 Å². The quantitative estimate of drug-likeness (QED) is 0.839. The molecule has 2 rings (SSSR count). The van der Waals surface area contributed by atoms with Crippen LogP contribution in [0.15, 0.2) is 42.5 Å². The molecule has 0 aliphatic heterocycles. The van der Waals surface area contributed by atoms with E-state index in [1.54, 1.807) is 11.9 Å². The fraction of sp³-hybridized carbons (Fsp3) is 0.250. The van der Waals surface area contributed by atoms with Gasteiger partial charge in [-0.1, -0.05) is 42.5 Å². The molecule has 0 saturated heterocycles. The molecule has 0 aliphatic carbocycles. The van der Waals surface area contributed by atoms with Gasteiger partial charge in [0.15, 0.2) is 0 Å². The Morgan fingerprint density at radius 1 is 1.21 bits per heavy atom. The third kappa shape index (κ3) is 3.11. The fourth-order valence-electron chi connectivity index (χ4n) is 2.13. The summed E-state index contributed by atoms with van der Waals surface area (Å²) in [6, 6.07) is 16.3. The molecule has 1 amide bonds. The van der Waals surface area contributed by atoms with Crippen molar-refractivity contribution in [3.63, 3.8) is 0 Å². The van der Waals surface area contributed by atoms with Gasteiger partial charge in [0.2, 0.25) is 5.91 Å². The van der Waals surface area contributed by atoms with Crippen molar-refractivity contribution in [2.24, 2.45) is 0 Å². The van der Waals surface area contributed by atoms with Gasteiger partial charge in [-0.05, 0) is 22.8 Å².